The van der Waals surface area contributed by atoms with Gasteiger partial charge in [0, 0.05) is 17.4 Å². The quantitative estimate of drug-likeness (QED) is 0.696. The third kappa shape index (κ3) is 2.92. The van der Waals surface area contributed by atoms with Crippen LogP contribution in [0.15, 0.2) is 12.2 Å². The second kappa shape index (κ2) is 6.58. The summed E-state index contributed by atoms with van der Waals surface area (Å²) in [7, 11) is 0. The lowest BCUT2D eigenvalue weighted by atomic mass is 9.48. The van der Waals surface area contributed by atoms with Gasteiger partial charge in [0.1, 0.15) is 0 Å². The van der Waals surface area contributed by atoms with Crippen LogP contribution in [0.2, 0.25) is 0 Å². The van der Waals surface area contributed by atoms with Crippen LogP contribution in [-0.2, 0) is 9.59 Å². The molecule has 28 heavy (non-hydrogen) atoms. The standard InChI is InChI=1S/C23H36N2O3/c1-21(2,13-26)25-20(28)17-7-6-15-14-5-8-18-23(4,12-10-19(27)24-18)16(14)9-11-22(15,17)3/h10,12,14-18,26H,5-9,11,13H2,1-4H3,(H,24,27)(H,25,28)/t14-,15?,16?,17+,18?,22-,23+/m0/s1. The van der Waals surface area contributed by atoms with Crippen molar-refractivity contribution in [2.45, 2.75) is 77.8 Å². The van der Waals surface area contributed by atoms with Crippen LogP contribution < -0.4 is 10.6 Å². The molecule has 5 heteroatoms. The van der Waals surface area contributed by atoms with Gasteiger partial charge in [0.2, 0.25) is 11.8 Å². The van der Waals surface area contributed by atoms with E-state index in [1.54, 1.807) is 6.08 Å². The summed E-state index contributed by atoms with van der Waals surface area (Å²) in [5, 5.41) is 15.8. The fourth-order valence-corrected chi connectivity index (χ4v) is 7.22. The highest BCUT2D eigenvalue weighted by molar-refractivity contribution is 5.89. The predicted molar refractivity (Wildman–Crippen MR) is 108 cm³/mol. The van der Waals surface area contributed by atoms with E-state index in [4.69, 9.17) is 0 Å². The zero-order valence-corrected chi connectivity index (χ0v) is 17.8. The normalized spacial score (nSPS) is 44.9. The molecular weight excluding hydrogens is 352 g/mol. The molecule has 3 N–H and O–H groups in total. The molecule has 5 nitrogen and oxygen atoms in total. The van der Waals surface area contributed by atoms with Crippen molar-refractivity contribution in [3.8, 4) is 0 Å². The van der Waals surface area contributed by atoms with Crippen molar-refractivity contribution in [1.82, 2.24) is 10.6 Å². The van der Waals surface area contributed by atoms with Gasteiger partial charge in [-0.2, -0.15) is 0 Å². The average molecular weight is 389 g/mol. The van der Waals surface area contributed by atoms with Crippen molar-refractivity contribution in [2.75, 3.05) is 6.61 Å². The average Bonchev–Trinajstić information content (AvgIpc) is 2.99. The fraction of sp³-hybridized carbons (Fsp3) is 0.826. The molecule has 3 saturated carbocycles. The number of hydrogen-bond acceptors (Lipinski definition) is 3. The molecule has 0 radical (unpaired) electrons. The minimum absolute atomic E-state index is 0.0383. The summed E-state index contributed by atoms with van der Waals surface area (Å²) >= 11 is 0. The Morgan fingerprint density at radius 1 is 1.21 bits per heavy atom. The molecule has 4 aliphatic rings. The third-order valence-corrected chi connectivity index (χ3v) is 8.86. The first-order valence-electron chi connectivity index (χ1n) is 11.0. The maximum atomic E-state index is 13.1. The maximum Gasteiger partial charge on any atom is 0.243 e. The zero-order valence-electron chi connectivity index (χ0n) is 17.8. The summed E-state index contributed by atoms with van der Waals surface area (Å²) in [6.45, 7) is 8.37. The summed E-state index contributed by atoms with van der Waals surface area (Å²) in [6, 6.07) is 0.251. The van der Waals surface area contributed by atoms with E-state index in [0.717, 1.165) is 38.5 Å². The second-order valence-electron chi connectivity index (χ2n) is 10.9. The number of aliphatic hydroxyl groups is 1. The van der Waals surface area contributed by atoms with Gasteiger partial charge in [-0.25, -0.2) is 0 Å². The lowest BCUT2D eigenvalue weighted by Crippen LogP contribution is -2.60. The van der Waals surface area contributed by atoms with Gasteiger partial charge in [-0.1, -0.05) is 19.9 Å². The number of amides is 2. The molecule has 4 rings (SSSR count). The van der Waals surface area contributed by atoms with Crippen LogP contribution in [-0.4, -0.2) is 35.1 Å². The molecule has 0 aromatic rings. The van der Waals surface area contributed by atoms with Crippen LogP contribution in [0.3, 0.4) is 0 Å². The molecule has 0 aromatic heterocycles. The Labute approximate surface area is 168 Å². The number of hydrogen-bond donors (Lipinski definition) is 3. The largest absolute Gasteiger partial charge is 0.394 e. The minimum Gasteiger partial charge on any atom is -0.394 e. The first kappa shape index (κ1) is 19.9. The van der Waals surface area contributed by atoms with E-state index in [9.17, 15) is 14.7 Å². The second-order valence-corrected chi connectivity index (χ2v) is 10.9. The number of rotatable bonds is 3. The van der Waals surface area contributed by atoms with Crippen molar-refractivity contribution in [1.29, 1.82) is 0 Å². The van der Waals surface area contributed by atoms with Crippen molar-refractivity contribution in [3.05, 3.63) is 12.2 Å². The Morgan fingerprint density at radius 3 is 2.68 bits per heavy atom. The van der Waals surface area contributed by atoms with Crippen LogP contribution in [0.5, 0.6) is 0 Å². The molecule has 156 valence electrons. The molecule has 0 aromatic carbocycles. The summed E-state index contributed by atoms with van der Waals surface area (Å²) in [4.78, 5) is 24.9. The lowest BCUT2D eigenvalue weighted by Gasteiger charge is -2.58. The molecular formula is C23H36N2O3. The Bertz CT molecular complexity index is 702. The number of fused-ring (bicyclic) bond motifs is 5. The van der Waals surface area contributed by atoms with Gasteiger partial charge in [-0.05, 0) is 81.6 Å². The molecule has 0 bridgehead atoms. The SMILES string of the molecule is CC(C)(CO)NC(=O)[C@H]1CCC2[C@@H]3CCC4NC(=O)C=C[C@]4(C)C3CC[C@@]21C. The number of carbonyl (C=O) groups excluding carboxylic acids is 2. The lowest BCUT2D eigenvalue weighted by molar-refractivity contribution is -0.136. The summed E-state index contributed by atoms with van der Waals surface area (Å²) in [5.41, 5.74) is -0.488. The van der Waals surface area contributed by atoms with Gasteiger partial charge < -0.3 is 15.7 Å². The van der Waals surface area contributed by atoms with Gasteiger partial charge in [-0.3, -0.25) is 9.59 Å². The number of aliphatic hydroxyl groups excluding tert-OH is 1. The van der Waals surface area contributed by atoms with E-state index in [1.165, 1.54) is 0 Å². The van der Waals surface area contributed by atoms with Gasteiger partial charge in [0.05, 0.1) is 12.1 Å². The molecule has 1 aliphatic heterocycles. The monoisotopic (exact) mass is 388 g/mol. The van der Waals surface area contributed by atoms with Crippen LogP contribution in [0.1, 0.15) is 66.2 Å². The van der Waals surface area contributed by atoms with Crippen LogP contribution in [0.25, 0.3) is 0 Å². The van der Waals surface area contributed by atoms with Gasteiger partial charge in [0.25, 0.3) is 0 Å². The van der Waals surface area contributed by atoms with E-state index in [-0.39, 0.29) is 41.2 Å². The third-order valence-electron chi connectivity index (χ3n) is 8.86. The first-order valence-corrected chi connectivity index (χ1v) is 11.0. The molecule has 0 spiro atoms. The van der Waals surface area contributed by atoms with Gasteiger partial charge in [0.15, 0.2) is 0 Å². The van der Waals surface area contributed by atoms with E-state index in [2.05, 4.69) is 30.6 Å². The van der Waals surface area contributed by atoms with Crippen molar-refractivity contribution >= 4 is 11.8 Å². The molecule has 2 amide bonds. The number of nitrogens with one attached hydrogen (secondary N) is 2. The summed E-state index contributed by atoms with van der Waals surface area (Å²) in [6.07, 6.45) is 10.4. The van der Waals surface area contributed by atoms with Crippen molar-refractivity contribution < 1.29 is 14.7 Å². The van der Waals surface area contributed by atoms with E-state index >= 15 is 0 Å². The summed E-state index contributed by atoms with van der Waals surface area (Å²) < 4.78 is 0. The topological polar surface area (TPSA) is 78.4 Å². The highest BCUT2D eigenvalue weighted by Gasteiger charge is 2.61. The fourth-order valence-electron chi connectivity index (χ4n) is 7.22. The first-order chi connectivity index (χ1) is 13.1. The van der Waals surface area contributed by atoms with E-state index in [1.807, 2.05) is 13.8 Å². The van der Waals surface area contributed by atoms with Crippen LogP contribution in [0.4, 0.5) is 0 Å². The smallest absolute Gasteiger partial charge is 0.243 e. The van der Waals surface area contributed by atoms with Gasteiger partial charge in [-0.15, -0.1) is 0 Å². The Hall–Kier alpha value is -1.36. The van der Waals surface area contributed by atoms with Crippen molar-refractivity contribution in [2.24, 2.45) is 34.5 Å². The molecule has 1 heterocycles. The van der Waals surface area contributed by atoms with Crippen LogP contribution >= 0.6 is 0 Å². The van der Waals surface area contributed by atoms with Crippen molar-refractivity contribution in [3.63, 3.8) is 0 Å². The molecule has 3 fully saturated rings. The molecule has 7 atom stereocenters. The van der Waals surface area contributed by atoms with E-state index in [0.29, 0.717) is 17.8 Å². The number of carbonyl (C=O) groups is 2. The predicted octanol–water partition coefficient (Wildman–Crippen LogP) is 2.79. The zero-order chi connectivity index (χ0) is 20.3. The Morgan fingerprint density at radius 2 is 1.96 bits per heavy atom. The minimum atomic E-state index is -0.570. The Kier molecular flexibility index (Phi) is 4.68. The van der Waals surface area contributed by atoms with Crippen LogP contribution in [0, 0.1) is 34.5 Å². The van der Waals surface area contributed by atoms with Gasteiger partial charge >= 0.3 is 0 Å². The molecule has 3 aliphatic carbocycles. The Balaban J connectivity index is 1.56. The van der Waals surface area contributed by atoms with E-state index < -0.39 is 5.54 Å². The molecule has 3 unspecified atom stereocenters. The summed E-state index contributed by atoms with van der Waals surface area (Å²) in [5.74, 6) is 1.98. The maximum absolute atomic E-state index is 13.1. The molecule has 0 saturated heterocycles. The highest BCUT2D eigenvalue weighted by Crippen LogP contribution is 2.65. The highest BCUT2D eigenvalue weighted by atomic mass is 16.3.